The molecule has 0 amide bonds. The average molecular weight is 222 g/mol. The van der Waals surface area contributed by atoms with Crippen LogP contribution in [0.1, 0.15) is 13.3 Å². The number of hydrogen-bond acceptors (Lipinski definition) is 6. The summed E-state index contributed by atoms with van der Waals surface area (Å²) < 4.78 is 10.2. The SMILES string of the molecule is CCCO[C@@H]1O[C@H](CO)[C@H](O)[C@@H](O)[C@H]1O. The number of hydrogen-bond donors (Lipinski definition) is 4. The minimum absolute atomic E-state index is 0.378. The molecule has 0 saturated carbocycles. The fraction of sp³-hybridized carbons (Fsp3) is 1.00. The Morgan fingerprint density at radius 1 is 1.13 bits per heavy atom. The van der Waals surface area contributed by atoms with Gasteiger partial charge in [-0.15, -0.1) is 0 Å². The molecule has 1 saturated heterocycles. The van der Waals surface area contributed by atoms with Gasteiger partial charge in [-0.2, -0.15) is 0 Å². The molecule has 0 aromatic carbocycles. The molecular weight excluding hydrogens is 204 g/mol. The van der Waals surface area contributed by atoms with Crippen molar-refractivity contribution in [3.8, 4) is 0 Å². The smallest absolute Gasteiger partial charge is 0.186 e. The van der Waals surface area contributed by atoms with Crippen LogP contribution in [-0.4, -0.2) is 64.3 Å². The highest BCUT2D eigenvalue weighted by Gasteiger charge is 2.43. The standard InChI is InChI=1S/C9H18O6/c1-2-3-14-9-8(13)7(12)6(11)5(4-10)15-9/h5-13H,2-4H2,1H3/t5-,6+,7-,8-,9-/m1/s1. The number of aliphatic hydroxyl groups is 4. The van der Waals surface area contributed by atoms with Crippen molar-refractivity contribution < 1.29 is 29.9 Å². The van der Waals surface area contributed by atoms with E-state index in [0.717, 1.165) is 6.42 Å². The molecule has 1 heterocycles. The maximum atomic E-state index is 9.51. The van der Waals surface area contributed by atoms with Crippen LogP contribution in [-0.2, 0) is 9.47 Å². The fourth-order valence-corrected chi connectivity index (χ4v) is 1.44. The first-order valence-electron chi connectivity index (χ1n) is 5.04. The Morgan fingerprint density at radius 2 is 1.80 bits per heavy atom. The summed E-state index contributed by atoms with van der Waals surface area (Å²) in [5.41, 5.74) is 0. The van der Waals surface area contributed by atoms with Gasteiger partial charge in [0.1, 0.15) is 24.4 Å². The normalized spacial score (nSPS) is 41.8. The lowest BCUT2D eigenvalue weighted by atomic mass is 9.99. The summed E-state index contributed by atoms with van der Waals surface area (Å²) in [6.45, 7) is 1.84. The molecule has 0 bridgehead atoms. The third-order valence-electron chi connectivity index (χ3n) is 2.33. The van der Waals surface area contributed by atoms with Gasteiger partial charge in [0.15, 0.2) is 6.29 Å². The van der Waals surface area contributed by atoms with Crippen LogP contribution in [0.5, 0.6) is 0 Å². The molecule has 1 aliphatic rings. The van der Waals surface area contributed by atoms with Crippen molar-refractivity contribution in [1.82, 2.24) is 0 Å². The Labute approximate surface area is 88.1 Å². The lowest BCUT2D eigenvalue weighted by Crippen LogP contribution is -2.59. The van der Waals surface area contributed by atoms with Gasteiger partial charge in [0, 0.05) is 6.61 Å². The predicted octanol–water partition coefficient (Wildman–Crippen LogP) is -1.79. The van der Waals surface area contributed by atoms with Gasteiger partial charge in [-0.3, -0.25) is 0 Å². The van der Waals surface area contributed by atoms with E-state index in [-0.39, 0.29) is 0 Å². The second kappa shape index (κ2) is 5.74. The zero-order valence-electron chi connectivity index (χ0n) is 8.61. The van der Waals surface area contributed by atoms with E-state index in [1.807, 2.05) is 6.92 Å². The Balaban J connectivity index is 2.57. The molecule has 1 rings (SSSR count). The number of aliphatic hydroxyl groups excluding tert-OH is 4. The second-order valence-corrected chi connectivity index (χ2v) is 3.57. The first kappa shape index (κ1) is 12.8. The summed E-state index contributed by atoms with van der Waals surface area (Å²) >= 11 is 0. The molecule has 1 aliphatic heterocycles. The van der Waals surface area contributed by atoms with Gasteiger partial charge >= 0.3 is 0 Å². The van der Waals surface area contributed by atoms with Crippen LogP contribution in [0, 0.1) is 0 Å². The quantitative estimate of drug-likeness (QED) is 0.448. The summed E-state index contributed by atoms with van der Waals surface area (Å²) in [7, 11) is 0. The third kappa shape index (κ3) is 2.87. The lowest BCUT2D eigenvalue weighted by Gasteiger charge is -2.39. The van der Waals surface area contributed by atoms with Crippen LogP contribution in [0.4, 0.5) is 0 Å². The monoisotopic (exact) mass is 222 g/mol. The summed E-state index contributed by atoms with van der Waals surface area (Å²) in [5, 5.41) is 37.2. The van der Waals surface area contributed by atoms with E-state index < -0.39 is 37.3 Å². The summed E-state index contributed by atoms with van der Waals surface area (Å²) in [5.74, 6) is 0. The van der Waals surface area contributed by atoms with Crippen molar-refractivity contribution in [2.45, 2.75) is 44.1 Å². The van der Waals surface area contributed by atoms with E-state index in [4.69, 9.17) is 14.6 Å². The van der Waals surface area contributed by atoms with Crippen LogP contribution < -0.4 is 0 Å². The molecule has 0 spiro atoms. The van der Waals surface area contributed by atoms with Crippen LogP contribution in [0.25, 0.3) is 0 Å². The van der Waals surface area contributed by atoms with Gasteiger partial charge in [0.2, 0.25) is 0 Å². The van der Waals surface area contributed by atoms with Gasteiger partial charge in [0.25, 0.3) is 0 Å². The van der Waals surface area contributed by atoms with Crippen molar-refractivity contribution in [3.63, 3.8) is 0 Å². The van der Waals surface area contributed by atoms with Crippen molar-refractivity contribution >= 4 is 0 Å². The summed E-state index contributed by atoms with van der Waals surface area (Å²) in [4.78, 5) is 0. The molecule has 0 radical (unpaired) electrons. The highest BCUT2D eigenvalue weighted by molar-refractivity contribution is 4.88. The van der Waals surface area contributed by atoms with E-state index >= 15 is 0 Å². The molecule has 5 atom stereocenters. The Morgan fingerprint density at radius 3 is 2.33 bits per heavy atom. The molecule has 1 fully saturated rings. The third-order valence-corrected chi connectivity index (χ3v) is 2.33. The minimum Gasteiger partial charge on any atom is -0.394 e. The number of ether oxygens (including phenoxy) is 2. The molecule has 6 nitrogen and oxygen atoms in total. The molecule has 0 aromatic rings. The topological polar surface area (TPSA) is 99.4 Å². The van der Waals surface area contributed by atoms with Crippen LogP contribution in [0.15, 0.2) is 0 Å². The maximum Gasteiger partial charge on any atom is 0.186 e. The molecular formula is C9H18O6. The zero-order valence-corrected chi connectivity index (χ0v) is 8.61. The molecule has 0 aromatic heterocycles. The average Bonchev–Trinajstić information content (AvgIpc) is 2.25. The Hall–Kier alpha value is -0.240. The maximum absolute atomic E-state index is 9.51. The Kier molecular flexibility index (Phi) is 4.91. The number of rotatable bonds is 4. The zero-order chi connectivity index (χ0) is 11.4. The van der Waals surface area contributed by atoms with Crippen molar-refractivity contribution in [2.75, 3.05) is 13.2 Å². The predicted molar refractivity (Wildman–Crippen MR) is 50.0 cm³/mol. The van der Waals surface area contributed by atoms with E-state index in [1.165, 1.54) is 0 Å². The summed E-state index contributed by atoms with van der Waals surface area (Å²) in [6, 6.07) is 0. The first-order valence-corrected chi connectivity index (χ1v) is 5.04. The lowest BCUT2D eigenvalue weighted by molar-refractivity contribution is -0.300. The van der Waals surface area contributed by atoms with Crippen molar-refractivity contribution in [2.24, 2.45) is 0 Å². The van der Waals surface area contributed by atoms with Gasteiger partial charge in [0.05, 0.1) is 6.61 Å². The van der Waals surface area contributed by atoms with E-state index in [9.17, 15) is 15.3 Å². The molecule has 6 heteroatoms. The van der Waals surface area contributed by atoms with Crippen molar-refractivity contribution in [1.29, 1.82) is 0 Å². The van der Waals surface area contributed by atoms with Gasteiger partial charge < -0.3 is 29.9 Å². The van der Waals surface area contributed by atoms with Gasteiger partial charge in [-0.25, -0.2) is 0 Å². The highest BCUT2D eigenvalue weighted by atomic mass is 16.7. The summed E-state index contributed by atoms with van der Waals surface area (Å²) in [6.07, 6.45) is -5.14. The largest absolute Gasteiger partial charge is 0.394 e. The second-order valence-electron chi connectivity index (χ2n) is 3.57. The van der Waals surface area contributed by atoms with Crippen LogP contribution >= 0.6 is 0 Å². The van der Waals surface area contributed by atoms with E-state index in [1.54, 1.807) is 0 Å². The molecule has 0 aliphatic carbocycles. The van der Waals surface area contributed by atoms with Crippen LogP contribution in [0.2, 0.25) is 0 Å². The van der Waals surface area contributed by atoms with Gasteiger partial charge in [-0.05, 0) is 6.42 Å². The van der Waals surface area contributed by atoms with E-state index in [2.05, 4.69) is 0 Å². The van der Waals surface area contributed by atoms with E-state index in [0.29, 0.717) is 6.61 Å². The van der Waals surface area contributed by atoms with Crippen molar-refractivity contribution in [3.05, 3.63) is 0 Å². The molecule has 0 unspecified atom stereocenters. The fourth-order valence-electron chi connectivity index (χ4n) is 1.44. The Bertz CT molecular complexity index is 185. The highest BCUT2D eigenvalue weighted by Crippen LogP contribution is 2.21. The minimum atomic E-state index is -1.36. The van der Waals surface area contributed by atoms with Crippen LogP contribution in [0.3, 0.4) is 0 Å². The van der Waals surface area contributed by atoms with Gasteiger partial charge in [-0.1, -0.05) is 6.92 Å². The molecule has 15 heavy (non-hydrogen) atoms. The molecule has 4 N–H and O–H groups in total. The first-order chi connectivity index (χ1) is 7.11. The molecule has 90 valence electrons.